The predicted octanol–water partition coefficient (Wildman–Crippen LogP) is 9.59. The van der Waals surface area contributed by atoms with Crippen LogP contribution in [-0.4, -0.2) is 7.12 Å². The summed E-state index contributed by atoms with van der Waals surface area (Å²) in [5, 5.41) is 0. The van der Waals surface area contributed by atoms with Gasteiger partial charge in [-0.15, -0.1) is 0 Å². The summed E-state index contributed by atoms with van der Waals surface area (Å²) in [6, 6.07) is 0.326. The Morgan fingerprint density at radius 2 is 0.939 bits per heavy atom. The molecule has 21 heteroatoms. The van der Waals surface area contributed by atoms with Crippen molar-refractivity contribution < 1.29 is 88.3 Å². The summed E-state index contributed by atoms with van der Waals surface area (Å²) >= 11 is 0. The molecular formula is C28H3BF18O2. The molecule has 0 radical (unpaired) electrons. The van der Waals surface area contributed by atoms with E-state index >= 15 is 22.0 Å². The smallest absolute Gasteiger partial charge is 0.521 e. The molecule has 0 amide bonds. The molecular weight excluding hydrogens is 721 g/mol. The standard InChI is InChI=1S/C28H3BF18O2/c30-4-1-2-5(31)6(3-4)48-29(27(45)10-9(16(35)26(27)44)15(34)20(39)22(41)17(10)36)49-25-12-8(14(33)21(40)24(25)43)7-11(28(12,46)47)18(37)23(42)19(38)13(7)32/h1-3H. The minimum absolute atomic E-state index is 0.113. The molecule has 0 spiro atoms. The molecule has 0 fully saturated rings. The first kappa shape index (κ1) is 33.9. The van der Waals surface area contributed by atoms with E-state index in [1.54, 1.807) is 0 Å². The topological polar surface area (TPSA) is 18.5 Å². The Hall–Kier alpha value is -4.98. The molecule has 256 valence electrons. The van der Waals surface area contributed by atoms with Crippen molar-refractivity contribution in [1.82, 2.24) is 0 Å². The minimum atomic E-state index is -5.59. The van der Waals surface area contributed by atoms with Crippen molar-refractivity contribution in [3.05, 3.63) is 122 Å². The van der Waals surface area contributed by atoms with Crippen molar-refractivity contribution in [2.75, 3.05) is 0 Å². The van der Waals surface area contributed by atoms with E-state index in [1.165, 1.54) is 0 Å². The van der Waals surface area contributed by atoms with Crippen molar-refractivity contribution in [2.45, 2.75) is 11.5 Å². The second-order valence-corrected chi connectivity index (χ2v) is 10.1. The van der Waals surface area contributed by atoms with Crippen molar-refractivity contribution in [1.29, 1.82) is 0 Å². The van der Waals surface area contributed by atoms with E-state index < -0.39 is 151 Å². The van der Waals surface area contributed by atoms with Crippen LogP contribution in [0.5, 0.6) is 11.5 Å². The average Bonchev–Trinajstić information content (AvgIpc) is 3.42. The van der Waals surface area contributed by atoms with Gasteiger partial charge in [-0.05, 0) is 12.1 Å². The molecule has 0 heterocycles. The first-order chi connectivity index (χ1) is 22.7. The second kappa shape index (κ2) is 10.8. The van der Waals surface area contributed by atoms with Gasteiger partial charge in [0.15, 0.2) is 81.4 Å². The number of benzene rings is 4. The van der Waals surface area contributed by atoms with Crippen LogP contribution in [0.15, 0.2) is 24.0 Å². The molecule has 6 rings (SSSR count). The van der Waals surface area contributed by atoms with Gasteiger partial charge < -0.3 is 9.31 Å². The molecule has 0 saturated heterocycles. The lowest BCUT2D eigenvalue weighted by atomic mass is 9.64. The Kier molecular flexibility index (Phi) is 7.45. The molecule has 4 aromatic carbocycles. The maximum absolute atomic E-state index is 16.8. The van der Waals surface area contributed by atoms with Crippen LogP contribution in [0.1, 0.15) is 22.3 Å². The molecule has 0 aliphatic heterocycles. The average molecular weight is 724 g/mol. The lowest BCUT2D eigenvalue weighted by Crippen LogP contribution is -2.50. The van der Waals surface area contributed by atoms with E-state index in [0.29, 0.717) is 6.07 Å². The molecule has 0 N–H and O–H groups in total. The highest BCUT2D eigenvalue weighted by Crippen LogP contribution is 2.60. The largest absolute Gasteiger partial charge is 0.647 e. The summed E-state index contributed by atoms with van der Waals surface area (Å²) in [6.45, 7) is 0. The highest BCUT2D eigenvalue weighted by Gasteiger charge is 2.66. The fourth-order valence-electron chi connectivity index (χ4n) is 5.33. The van der Waals surface area contributed by atoms with E-state index in [0.717, 1.165) is 0 Å². The summed E-state index contributed by atoms with van der Waals surface area (Å²) in [5.74, 6) is -52.4. The first-order valence-corrected chi connectivity index (χ1v) is 12.6. The quantitative estimate of drug-likeness (QED) is 0.0884. The zero-order valence-electron chi connectivity index (χ0n) is 22.4. The molecule has 49 heavy (non-hydrogen) atoms. The summed E-state index contributed by atoms with van der Waals surface area (Å²) in [7, 11) is -4.19. The van der Waals surface area contributed by atoms with E-state index in [4.69, 9.17) is 0 Å². The zero-order chi connectivity index (χ0) is 36.4. The number of allylic oxidation sites excluding steroid dienone is 1. The Morgan fingerprint density at radius 1 is 0.469 bits per heavy atom. The normalized spacial score (nSPS) is 17.3. The Bertz CT molecular complexity index is 2200. The van der Waals surface area contributed by atoms with Crippen LogP contribution < -0.4 is 9.31 Å². The van der Waals surface area contributed by atoms with Gasteiger partial charge >= 0.3 is 13.0 Å². The minimum Gasteiger partial charge on any atom is -0.521 e. The van der Waals surface area contributed by atoms with Gasteiger partial charge in [0.25, 0.3) is 5.57 Å². The number of alkyl halides is 3. The van der Waals surface area contributed by atoms with Crippen LogP contribution in [0.2, 0.25) is 0 Å². The number of rotatable bonds is 5. The Balaban J connectivity index is 1.69. The van der Waals surface area contributed by atoms with Gasteiger partial charge in [0, 0.05) is 22.8 Å². The van der Waals surface area contributed by atoms with Gasteiger partial charge in [0.05, 0.1) is 16.7 Å². The summed E-state index contributed by atoms with van der Waals surface area (Å²) in [4.78, 5) is 0. The van der Waals surface area contributed by atoms with Crippen LogP contribution in [0.3, 0.4) is 0 Å². The third kappa shape index (κ3) is 4.28. The molecule has 0 aromatic heterocycles. The predicted molar refractivity (Wildman–Crippen MR) is 126 cm³/mol. The van der Waals surface area contributed by atoms with E-state index in [2.05, 4.69) is 9.31 Å². The van der Waals surface area contributed by atoms with Crippen LogP contribution in [0, 0.1) is 75.6 Å². The zero-order valence-corrected chi connectivity index (χ0v) is 22.4. The van der Waals surface area contributed by atoms with Crippen LogP contribution in [0.25, 0.3) is 17.0 Å². The number of halogens is 18. The fourth-order valence-corrected chi connectivity index (χ4v) is 5.33. The third-order valence-corrected chi connectivity index (χ3v) is 7.47. The van der Waals surface area contributed by atoms with Gasteiger partial charge in [-0.3, -0.25) is 0 Å². The molecule has 0 bridgehead atoms. The van der Waals surface area contributed by atoms with Gasteiger partial charge in [0.2, 0.25) is 5.82 Å². The lowest BCUT2D eigenvalue weighted by Gasteiger charge is -2.29. The molecule has 1 unspecified atom stereocenters. The summed E-state index contributed by atoms with van der Waals surface area (Å²) in [6.07, 6.45) is 0. The Morgan fingerprint density at radius 3 is 1.51 bits per heavy atom. The van der Waals surface area contributed by atoms with E-state index in [1.807, 2.05) is 0 Å². The third-order valence-electron chi connectivity index (χ3n) is 7.47. The van der Waals surface area contributed by atoms with Crippen molar-refractivity contribution >= 4 is 12.9 Å². The fraction of sp³-hybridized carbons (Fsp3) is 0.0714. The highest BCUT2D eigenvalue weighted by molar-refractivity contribution is 6.51. The summed E-state index contributed by atoms with van der Waals surface area (Å²) < 4.78 is 276. The SMILES string of the molecule is FC1=C(F)C(F)(B(Oc2cc(F)ccc2F)Oc2c(F)c(F)c(F)c3c2C(F)(F)c2c(F)c(F)c(F)c(F)c2-3)c2c(F)c(F)c(F)c(F)c21. The van der Waals surface area contributed by atoms with Crippen molar-refractivity contribution in [3.63, 3.8) is 0 Å². The number of fused-ring (bicyclic) bond motifs is 4. The van der Waals surface area contributed by atoms with Gasteiger partial charge in [0.1, 0.15) is 11.6 Å². The molecule has 1 atom stereocenters. The van der Waals surface area contributed by atoms with Crippen LogP contribution >= 0.6 is 0 Å². The van der Waals surface area contributed by atoms with E-state index in [9.17, 15) is 57.1 Å². The molecule has 2 aliphatic carbocycles. The molecule has 2 aliphatic rings. The summed E-state index contributed by atoms with van der Waals surface area (Å²) in [5.41, 5.74) is -20.4. The Labute approximate surface area is 257 Å². The van der Waals surface area contributed by atoms with Crippen LogP contribution in [0.4, 0.5) is 79.0 Å². The molecule has 0 saturated carbocycles. The lowest BCUT2D eigenvalue weighted by molar-refractivity contribution is 0.0401. The first-order valence-electron chi connectivity index (χ1n) is 12.6. The molecule has 2 nitrogen and oxygen atoms in total. The number of hydrogen-bond donors (Lipinski definition) is 0. The second-order valence-electron chi connectivity index (χ2n) is 10.1. The maximum atomic E-state index is 16.8. The van der Waals surface area contributed by atoms with E-state index in [-0.39, 0.29) is 12.1 Å². The van der Waals surface area contributed by atoms with Gasteiger partial charge in [-0.2, -0.15) is 13.2 Å². The monoisotopic (exact) mass is 724 g/mol. The van der Waals surface area contributed by atoms with Crippen LogP contribution in [-0.2, 0) is 11.5 Å². The van der Waals surface area contributed by atoms with Gasteiger partial charge in [-0.1, -0.05) is 0 Å². The number of hydrogen-bond acceptors (Lipinski definition) is 2. The van der Waals surface area contributed by atoms with Crippen molar-refractivity contribution in [3.8, 4) is 22.6 Å². The van der Waals surface area contributed by atoms with Gasteiger partial charge in [-0.25, -0.2) is 65.9 Å². The van der Waals surface area contributed by atoms with Crippen molar-refractivity contribution in [2.24, 2.45) is 0 Å². The maximum Gasteiger partial charge on any atom is 0.647 e. The highest BCUT2D eigenvalue weighted by atomic mass is 19.3. The molecule has 4 aromatic rings.